The SMILES string of the molecule is Cc1cc(Cl)c(N)cc1S(=O)(=O)[O-].[Li+]. The van der Waals surface area contributed by atoms with Crippen molar-refractivity contribution in [2.75, 3.05) is 5.73 Å². The van der Waals surface area contributed by atoms with E-state index in [-0.39, 0.29) is 34.5 Å². The van der Waals surface area contributed by atoms with E-state index in [9.17, 15) is 13.0 Å². The Morgan fingerprint density at radius 1 is 1.43 bits per heavy atom. The number of nitrogen functional groups attached to an aromatic ring is 1. The summed E-state index contributed by atoms with van der Waals surface area (Å²) < 4.78 is 32.0. The molecule has 0 aliphatic rings. The van der Waals surface area contributed by atoms with Gasteiger partial charge in [-0.3, -0.25) is 0 Å². The van der Waals surface area contributed by atoms with Crippen LogP contribution in [-0.2, 0) is 10.1 Å². The zero-order valence-electron chi connectivity index (χ0n) is 7.74. The maximum Gasteiger partial charge on any atom is 1.00 e. The second kappa shape index (κ2) is 4.56. The average Bonchev–Trinajstić information content (AvgIpc) is 1.94. The van der Waals surface area contributed by atoms with E-state index in [4.69, 9.17) is 17.3 Å². The zero-order valence-corrected chi connectivity index (χ0v) is 9.32. The van der Waals surface area contributed by atoms with Crippen LogP contribution in [-0.4, -0.2) is 13.0 Å². The molecular weight excluding hydrogens is 221 g/mol. The van der Waals surface area contributed by atoms with Gasteiger partial charge in [0.25, 0.3) is 0 Å². The molecular formula is C7H7ClLiNO3S. The first-order valence-corrected chi connectivity index (χ1v) is 5.12. The summed E-state index contributed by atoms with van der Waals surface area (Å²) in [6, 6.07) is 2.42. The monoisotopic (exact) mass is 227 g/mol. The van der Waals surface area contributed by atoms with Gasteiger partial charge in [-0.25, -0.2) is 8.42 Å². The fraction of sp³-hybridized carbons (Fsp3) is 0.143. The molecule has 0 heterocycles. The van der Waals surface area contributed by atoms with E-state index in [0.29, 0.717) is 5.56 Å². The van der Waals surface area contributed by atoms with Crippen molar-refractivity contribution < 1.29 is 31.8 Å². The smallest absolute Gasteiger partial charge is 0.744 e. The van der Waals surface area contributed by atoms with Crippen LogP contribution in [0.5, 0.6) is 0 Å². The van der Waals surface area contributed by atoms with Gasteiger partial charge in [-0.05, 0) is 24.6 Å². The van der Waals surface area contributed by atoms with Crippen LogP contribution in [0.3, 0.4) is 0 Å². The molecule has 0 spiro atoms. The third-order valence-corrected chi connectivity index (χ3v) is 2.87. The van der Waals surface area contributed by atoms with Crippen molar-refractivity contribution >= 4 is 27.4 Å². The van der Waals surface area contributed by atoms with Crippen molar-refractivity contribution in [2.24, 2.45) is 0 Å². The molecule has 1 aromatic rings. The largest absolute Gasteiger partial charge is 1.00 e. The first-order chi connectivity index (χ1) is 5.82. The summed E-state index contributed by atoms with van der Waals surface area (Å²) in [4.78, 5) is -0.325. The second-order valence-corrected chi connectivity index (χ2v) is 4.35. The molecule has 2 N–H and O–H groups in total. The third kappa shape index (κ3) is 2.91. The summed E-state index contributed by atoms with van der Waals surface area (Å²) >= 11 is 5.61. The molecule has 7 heteroatoms. The van der Waals surface area contributed by atoms with E-state index >= 15 is 0 Å². The van der Waals surface area contributed by atoms with Gasteiger partial charge in [0.05, 0.1) is 15.6 Å². The summed E-state index contributed by atoms with van der Waals surface area (Å²) in [6.07, 6.45) is 0. The van der Waals surface area contributed by atoms with E-state index in [1.165, 1.54) is 13.0 Å². The van der Waals surface area contributed by atoms with E-state index in [1.807, 2.05) is 0 Å². The van der Waals surface area contributed by atoms with Gasteiger partial charge in [-0.15, -0.1) is 0 Å². The normalized spacial score (nSPS) is 10.8. The molecule has 0 fully saturated rings. The molecule has 0 saturated heterocycles. The van der Waals surface area contributed by atoms with Crippen LogP contribution >= 0.6 is 11.6 Å². The molecule has 0 saturated carbocycles. The van der Waals surface area contributed by atoms with Crippen LogP contribution in [0.1, 0.15) is 5.56 Å². The number of nitrogens with two attached hydrogens (primary N) is 1. The molecule has 4 nitrogen and oxygen atoms in total. The summed E-state index contributed by atoms with van der Waals surface area (Å²) in [5.41, 5.74) is 5.74. The number of hydrogen-bond acceptors (Lipinski definition) is 4. The number of hydrogen-bond donors (Lipinski definition) is 1. The number of benzene rings is 1. The maximum atomic E-state index is 10.7. The van der Waals surface area contributed by atoms with Gasteiger partial charge in [0.2, 0.25) is 0 Å². The molecule has 0 bridgehead atoms. The van der Waals surface area contributed by atoms with E-state index in [1.54, 1.807) is 0 Å². The summed E-state index contributed by atoms with van der Waals surface area (Å²) in [7, 11) is -4.46. The Bertz CT molecular complexity index is 446. The van der Waals surface area contributed by atoms with Crippen molar-refractivity contribution in [1.82, 2.24) is 0 Å². The quantitative estimate of drug-likeness (QED) is 0.346. The van der Waals surface area contributed by atoms with Crippen LogP contribution in [0, 0.1) is 6.92 Å². The van der Waals surface area contributed by atoms with Crippen molar-refractivity contribution in [3.63, 3.8) is 0 Å². The molecule has 0 aliphatic carbocycles. The van der Waals surface area contributed by atoms with E-state index < -0.39 is 10.1 Å². The first kappa shape index (κ1) is 13.8. The Morgan fingerprint density at radius 3 is 2.36 bits per heavy atom. The average molecular weight is 228 g/mol. The van der Waals surface area contributed by atoms with Gasteiger partial charge < -0.3 is 10.3 Å². The van der Waals surface area contributed by atoms with Gasteiger partial charge in [0, 0.05) is 0 Å². The summed E-state index contributed by atoms with van der Waals surface area (Å²) in [5.74, 6) is 0. The predicted octanol–water partition coefficient (Wildman–Crippen LogP) is -1.86. The minimum atomic E-state index is -4.46. The Balaban J connectivity index is 0.00000169. The molecule has 0 atom stereocenters. The Labute approximate surface area is 99.4 Å². The van der Waals surface area contributed by atoms with Crippen LogP contribution in [0.2, 0.25) is 5.02 Å². The topological polar surface area (TPSA) is 83.2 Å². The molecule has 0 radical (unpaired) electrons. The minimum Gasteiger partial charge on any atom is -0.744 e. The molecule has 0 unspecified atom stereocenters. The second-order valence-electron chi connectivity index (χ2n) is 2.59. The van der Waals surface area contributed by atoms with Crippen molar-refractivity contribution in [3.8, 4) is 0 Å². The zero-order chi connectivity index (χ0) is 10.2. The van der Waals surface area contributed by atoms with Crippen LogP contribution in [0.4, 0.5) is 5.69 Å². The Morgan fingerprint density at radius 2 is 1.93 bits per heavy atom. The number of rotatable bonds is 1. The molecule has 1 aromatic carbocycles. The van der Waals surface area contributed by atoms with Crippen LogP contribution < -0.4 is 24.6 Å². The van der Waals surface area contributed by atoms with Gasteiger partial charge in [-0.2, -0.15) is 0 Å². The third-order valence-electron chi connectivity index (χ3n) is 1.56. The Hall–Kier alpha value is -0.183. The standard InChI is InChI=1S/C7H8ClNO3S.Li/c1-4-2-5(8)6(9)3-7(4)13(10,11)12;/h2-3H,9H2,1H3,(H,10,11,12);/q;+1/p-1. The van der Waals surface area contributed by atoms with Gasteiger partial charge >= 0.3 is 18.9 Å². The van der Waals surface area contributed by atoms with Crippen LogP contribution in [0.25, 0.3) is 0 Å². The fourth-order valence-electron chi connectivity index (χ4n) is 0.938. The van der Waals surface area contributed by atoms with Crippen molar-refractivity contribution in [2.45, 2.75) is 11.8 Å². The minimum absolute atomic E-state index is 0. The van der Waals surface area contributed by atoms with Crippen molar-refractivity contribution in [1.29, 1.82) is 0 Å². The summed E-state index contributed by atoms with van der Waals surface area (Å²) in [6.45, 7) is 1.48. The molecule has 72 valence electrons. The molecule has 0 amide bonds. The molecule has 14 heavy (non-hydrogen) atoms. The van der Waals surface area contributed by atoms with E-state index in [0.717, 1.165) is 6.07 Å². The predicted molar refractivity (Wildman–Crippen MR) is 48.6 cm³/mol. The van der Waals surface area contributed by atoms with Gasteiger partial charge in [0.1, 0.15) is 10.1 Å². The summed E-state index contributed by atoms with van der Waals surface area (Å²) in [5, 5.41) is 0.241. The fourth-order valence-corrected chi connectivity index (χ4v) is 1.88. The maximum absolute atomic E-state index is 10.7. The molecule has 0 aliphatic heterocycles. The number of halogens is 1. The Kier molecular flexibility index (Phi) is 4.50. The van der Waals surface area contributed by atoms with Gasteiger partial charge in [-0.1, -0.05) is 11.6 Å². The number of anilines is 1. The van der Waals surface area contributed by atoms with Crippen LogP contribution in [0.15, 0.2) is 17.0 Å². The van der Waals surface area contributed by atoms with Crippen molar-refractivity contribution in [3.05, 3.63) is 22.7 Å². The number of aryl methyl sites for hydroxylation is 1. The molecule has 0 aromatic heterocycles. The van der Waals surface area contributed by atoms with E-state index in [2.05, 4.69) is 0 Å². The van der Waals surface area contributed by atoms with Gasteiger partial charge in [0.15, 0.2) is 0 Å². The first-order valence-electron chi connectivity index (χ1n) is 3.34. The molecule has 1 rings (SSSR count).